The lowest BCUT2D eigenvalue weighted by atomic mass is 10.6. The van der Waals surface area contributed by atoms with Crippen molar-refractivity contribution < 1.29 is 10.2 Å². The first-order valence-corrected chi connectivity index (χ1v) is 4.59. The lowest BCUT2D eigenvalue weighted by molar-refractivity contribution is -0.391. The molecular formula is C6H12N3OS+. The molecule has 1 aromatic rings. The van der Waals surface area contributed by atoms with Gasteiger partial charge in [-0.25, -0.2) is 0 Å². The average molecular weight is 174 g/mol. The second-order valence-electron chi connectivity index (χ2n) is 2.06. The third-order valence-electron chi connectivity index (χ3n) is 1.09. The summed E-state index contributed by atoms with van der Waals surface area (Å²) >= 11 is 1.59. The SMILES string of the molecule is CCCSc1nnc(C[NH3+])o1. The molecule has 0 unspecified atom stereocenters. The highest BCUT2D eigenvalue weighted by Gasteiger charge is 2.04. The number of quaternary nitrogens is 1. The van der Waals surface area contributed by atoms with Gasteiger partial charge in [-0.05, 0) is 6.42 Å². The molecule has 0 radical (unpaired) electrons. The van der Waals surface area contributed by atoms with E-state index in [1.165, 1.54) is 0 Å². The molecule has 0 atom stereocenters. The highest BCUT2D eigenvalue weighted by Crippen LogP contribution is 2.15. The Morgan fingerprint density at radius 2 is 2.36 bits per heavy atom. The van der Waals surface area contributed by atoms with Gasteiger partial charge in [0.2, 0.25) is 0 Å². The molecule has 0 saturated heterocycles. The van der Waals surface area contributed by atoms with Gasteiger partial charge in [0, 0.05) is 5.75 Å². The molecule has 1 heterocycles. The molecule has 0 amide bonds. The third kappa shape index (κ3) is 2.51. The van der Waals surface area contributed by atoms with Crippen LogP contribution in [0.4, 0.5) is 0 Å². The number of thioether (sulfide) groups is 1. The summed E-state index contributed by atoms with van der Waals surface area (Å²) in [6.07, 6.45) is 1.12. The fourth-order valence-corrected chi connectivity index (χ4v) is 1.22. The van der Waals surface area contributed by atoms with E-state index in [1.54, 1.807) is 11.8 Å². The molecule has 0 aliphatic rings. The number of nitrogens with zero attached hydrogens (tertiary/aromatic N) is 2. The zero-order valence-electron chi connectivity index (χ0n) is 6.54. The van der Waals surface area contributed by atoms with Gasteiger partial charge in [0.1, 0.15) is 0 Å². The first-order chi connectivity index (χ1) is 5.36. The van der Waals surface area contributed by atoms with Crippen LogP contribution in [0, 0.1) is 0 Å². The summed E-state index contributed by atoms with van der Waals surface area (Å²) in [4.78, 5) is 0. The van der Waals surface area contributed by atoms with Gasteiger partial charge in [-0.2, -0.15) is 0 Å². The first kappa shape index (κ1) is 8.55. The van der Waals surface area contributed by atoms with Crippen LogP contribution < -0.4 is 5.73 Å². The Balaban J connectivity index is 2.44. The Kier molecular flexibility index (Phi) is 3.38. The second-order valence-corrected chi connectivity index (χ2v) is 3.11. The van der Waals surface area contributed by atoms with E-state index in [9.17, 15) is 0 Å². The zero-order valence-corrected chi connectivity index (χ0v) is 7.36. The van der Waals surface area contributed by atoms with E-state index in [2.05, 4.69) is 22.9 Å². The van der Waals surface area contributed by atoms with E-state index in [4.69, 9.17) is 4.42 Å². The molecule has 0 fully saturated rings. The molecular weight excluding hydrogens is 162 g/mol. The maximum Gasteiger partial charge on any atom is 0.276 e. The number of hydrogen-bond donors (Lipinski definition) is 1. The van der Waals surface area contributed by atoms with Gasteiger partial charge in [0.05, 0.1) is 0 Å². The van der Waals surface area contributed by atoms with E-state index in [0.29, 0.717) is 17.7 Å². The quantitative estimate of drug-likeness (QED) is 0.667. The van der Waals surface area contributed by atoms with E-state index >= 15 is 0 Å². The van der Waals surface area contributed by atoms with Crippen LogP contribution in [-0.4, -0.2) is 16.0 Å². The van der Waals surface area contributed by atoms with Gasteiger partial charge in [-0.3, -0.25) is 0 Å². The molecule has 0 saturated carbocycles. The Morgan fingerprint density at radius 3 is 2.91 bits per heavy atom. The smallest absolute Gasteiger partial charge is 0.276 e. The van der Waals surface area contributed by atoms with Crippen LogP contribution in [0.2, 0.25) is 0 Å². The maximum atomic E-state index is 5.21. The number of aromatic nitrogens is 2. The minimum Gasteiger partial charge on any atom is -0.410 e. The first-order valence-electron chi connectivity index (χ1n) is 3.61. The summed E-state index contributed by atoms with van der Waals surface area (Å²) in [6.45, 7) is 2.69. The molecule has 11 heavy (non-hydrogen) atoms. The van der Waals surface area contributed by atoms with E-state index in [0.717, 1.165) is 12.2 Å². The van der Waals surface area contributed by atoms with Crippen molar-refractivity contribution in [3.8, 4) is 0 Å². The summed E-state index contributed by atoms with van der Waals surface area (Å²) in [5, 5.41) is 8.28. The molecule has 1 rings (SSSR count). The Labute approximate surface area is 69.6 Å². The zero-order chi connectivity index (χ0) is 8.10. The van der Waals surface area contributed by atoms with Crippen LogP contribution >= 0.6 is 11.8 Å². The van der Waals surface area contributed by atoms with Crippen molar-refractivity contribution in [2.75, 3.05) is 5.75 Å². The van der Waals surface area contributed by atoms with Crippen molar-refractivity contribution in [3.63, 3.8) is 0 Å². The van der Waals surface area contributed by atoms with E-state index in [-0.39, 0.29) is 0 Å². The highest BCUT2D eigenvalue weighted by atomic mass is 32.2. The van der Waals surface area contributed by atoms with Crippen LogP contribution in [0.1, 0.15) is 19.2 Å². The highest BCUT2D eigenvalue weighted by molar-refractivity contribution is 7.99. The van der Waals surface area contributed by atoms with Gasteiger partial charge in [-0.15, -0.1) is 10.2 Å². The molecule has 0 aliphatic carbocycles. The molecule has 1 aromatic heterocycles. The molecule has 3 N–H and O–H groups in total. The summed E-state index contributed by atoms with van der Waals surface area (Å²) in [7, 11) is 0. The van der Waals surface area contributed by atoms with Crippen molar-refractivity contribution >= 4 is 11.8 Å². The van der Waals surface area contributed by atoms with Crippen molar-refractivity contribution in [3.05, 3.63) is 5.89 Å². The topological polar surface area (TPSA) is 66.6 Å². The maximum absolute atomic E-state index is 5.21. The summed E-state index contributed by atoms with van der Waals surface area (Å²) < 4.78 is 5.21. The van der Waals surface area contributed by atoms with Crippen LogP contribution in [-0.2, 0) is 6.54 Å². The molecule has 0 spiro atoms. The Hall–Kier alpha value is -0.550. The third-order valence-corrected chi connectivity index (χ3v) is 2.12. The fraction of sp³-hybridized carbons (Fsp3) is 0.667. The summed E-state index contributed by atoms with van der Waals surface area (Å²) in [5.74, 6) is 1.64. The Morgan fingerprint density at radius 1 is 1.55 bits per heavy atom. The largest absolute Gasteiger partial charge is 0.410 e. The van der Waals surface area contributed by atoms with Crippen LogP contribution in [0.15, 0.2) is 9.64 Å². The minimum atomic E-state index is 0.569. The summed E-state index contributed by atoms with van der Waals surface area (Å²) in [6, 6.07) is 0. The predicted octanol–water partition coefficient (Wildman–Crippen LogP) is 0.314. The van der Waals surface area contributed by atoms with Crippen molar-refractivity contribution in [1.82, 2.24) is 10.2 Å². The minimum absolute atomic E-state index is 0.569. The van der Waals surface area contributed by atoms with Crippen molar-refractivity contribution in [2.45, 2.75) is 25.1 Å². The van der Waals surface area contributed by atoms with Gasteiger partial charge in [-0.1, -0.05) is 18.7 Å². The normalized spacial score (nSPS) is 10.4. The molecule has 4 nitrogen and oxygen atoms in total. The predicted molar refractivity (Wildman–Crippen MR) is 41.9 cm³/mol. The Bertz CT molecular complexity index is 213. The number of hydrogen-bond acceptors (Lipinski definition) is 4. The fourth-order valence-electron chi connectivity index (χ4n) is 0.587. The monoisotopic (exact) mass is 174 g/mol. The molecule has 5 heteroatoms. The van der Waals surface area contributed by atoms with Crippen molar-refractivity contribution in [1.29, 1.82) is 0 Å². The van der Waals surface area contributed by atoms with Gasteiger partial charge in [0.15, 0.2) is 6.54 Å². The molecule has 62 valence electrons. The number of rotatable bonds is 4. The van der Waals surface area contributed by atoms with Crippen LogP contribution in [0.25, 0.3) is 0 Å². The molecule has 0 bridgehead atoms. The van der Waals surface area contributed by atoms with Crippen molar-refractivity contribution in [2.24, 2.45) is 0 Å². The lowest BCUT2D eigenvalue weighted by Crippen LogP contribution is -2.47. The molecule has 0 aromatic carbocycles. The van der Waals surface area contributed by atoms with E-state index in [1.807, 2.05) is 0 Å². The van der Waals surface area contributed by atoms with Gasteiger partial charge < -0.3 is 10.2 Å². The summed E-state index contributed by atoms with van der Waals surface area (Å²) in [5.41, 5.74) is 3.64. The standard InChI is InChI=1S/C6H11N3OS/c1-2-3-11-6-9-8-5(4-7)10-6/h2-4,7H2,1H3/p+1. The van der Waals surface area contributed by atoms with Crippen LogP contribution in [0.5, 0.6) is 0 Å². The average Bonchev–Trinajstić information content (AvgIpc) is 2.48. The van der Waals surface area contributed by atoms with Gasteiger partial charge >= 0.3 is 0 Å². The lowest BCUT2D eigenvalue weighted by Gasteiger charge is -1.88. The second kappa shape index (κ2) is 4.35. The van der Waals surface area contributed by atoms with E-state index < -0.39 is 0 Å². The van der Waals surface area contributed by atoms with Crippen LogP contribution in [0.3, 0.4) is 0 Å². The molecule has 0 aliphatic heterocycles. The van der Waals surface area contributed by atoms with Gasteiger partial charge in [0.25, 0.3) is 11.1 Å².